The Balaban J connectivity index is 1.44. The highest BCUT2D eigenvalue weighted by Crippen LogP contribution is 2.24. The third kappa shape index (κ3) is 3.87. The van der Waals surface area contributed by atoms with Gasteiger partial charge in [0.15, 0.2) is 0 Å². The lowest BCUT2D eigenvalue weighted by molar-refractivity contribution is -0.135. The number of carbonyl (C=O) groups is 2. The summed E-state index contributed by atoms with van der Waals surface area (Å²) in [5.41, 5.74) is 3.94. The lowest BCUT2D eigenvalue weighted by Gasteiger charge is -2.21. The molecule has 3 aromatic rings. The molecule has 1 fully saturated rings. The van der Waals surface area contributed by atoms with Crippen LogP contribution in [0.5, 0.6) is 0 Å². The fourth-order valence-corrected chi connectivity index (χ4v) is 4.03. The maximum atomic E-state index is 13.0. The Morgan fingerprint density at radius 1 is 1.20 bits per heavy atom. The van der Waals surface area contributed by atoms with E-state index in [1.54, 1.807) is 29.2 Å². The van der Waals surface area contributed by atoms with E-state index in [9.17, 15) is 9.59 Å². The van der Waals surface area contributed by atoms with Crippen molar-refractivity contribution in [2.45, 2.75) is 33.4 Å². The van der Waals surface area contributed by atoms with Crippen molar-refractivity contribution < 1.29 is 14.0 Å². The van der Waals surface area contributed by atoms with Crippen molar-refractivity contribution in [3.63, 3.8) is 0 Å². The SMILES string of the molecule is Cc1nn(-c2ccccc2)c(C)c1CN(C)C(=O)[C@H]1CC(=O)N(Cc2ccco2)C1. The van der Waals surface area contributed by atoms with Crippen molar-refractivity contribution in [1.82, 2.24) is 19.6 Å². The Morgan fingerprint density at radius 3 is 2.67 bits per heavy atom. The van der Waals surface area contributed by atoms with Crippen LogP contribution in [0, 0.1) is 19.8 Å². The van der Waals surface area contributed by atoms with E-state index in [2.05, 4.69) is 5.10 Å². The summed E-state index contributed by atoms with van der Waals surface area (Å²) in [4.78, 5) is 28.8. The van der Waals surface area contributed by atoms with Gasteiger partial charge >= 0.3 is 0 Å². The zero-order chi connectivity index (χ0) is 21.3. The van der Waals surface area contributed by atoms with Crippen LogP contribution in [0.4, 0.5) is 0 Å². The Kier molecular flexibility index (Phi) is 5.44. The van der Waals surface area contributed by atoms with Crippen LogP contribution in [0.15, 0.2) is 53.1 Å². The van der Waals surface area contributed by atoms with Gasteiger partial charge in [0, 0.05) is 37.8 Å². The largest absolute Gasteiger partial charge is 0.467 e. The number of likely N-dealkylation sites (tertiary alicyclic amines) is 1. The summed E-state index contributed by atoms with van der Waals surface area (Å²) < 4.78 is 7.24. The predicted octanol–water partition coefficient (Wildman–Crippen LogP) is 3.09. The van der Waals surface area contributed by atoms with Crippen molar-refractivity contribution in [3.05, 3.63) is 71.4 Å². The average molecular weight is 406 g/mol. The number of aryl methyl sites for hydroxylation is 1. The van der Waals surface area contributed by atoms with Gasteiger partial charge in [-0.25, -0.2) is 4.68 Å². The molecule has 1 aliphatic rings. The van der Waals surface area contributed by atoms with Crippen LogP contribution in [-0.4, -0.2) is 45.0 Å². The molecule has 7 heteroatoms. The summed E-state index contributed by atoms with van der Waals surface area (Å²) >= 11 is 0. The minimum atomic E-state index is -0.331. The minimum Gasteiger partial charge on any atom is -0.467 e. The molecule has 3 heterocycles. The van der Waals surface area contributed by atoms with Crippen LogP contribution < -0.4 is 0 Å². The smallest absolute Gasteiger partial charge is 0.228 e. The number of benzene rings is 1. The fraction of sp³-hybridized carbons (Fsp3) is 0.348. The topological polar surface area (TPSA) is 71.6 Å². The summed E-state index contributed by atoms with van der Waals surface area (Å²) in [7, 11) is 1.79. The number of hydrogen-bond acceptors (Lipinski definition) is 4. The van der Waals surface area contributed by atoms with Crippen LogP contribution in [0.3, 0.4) is 0 Å². The van der Waals surface area contributed by atoms with Crippen LogP contribution in [-0.2, 0) is 22.7 Å². The van der Waals surface area contributed by atoms with Crippen molar-refractivity contribution in [3.8, 4) is 5.69 Å². The van der Waals surface area contributed by atoms with Gasteiger partial charge in [-0.15, -0.1) is 0 Å². The number of para-hydroxylation sites is 1. The molecule has 1 atom stereocenters. The van der Waals surface area contributed by atoms with Crippen molar-refractivity contribution in [2.24, 2.45) is 5.92 Å². The number of amides is 2. The normalized spacial score (nSPS) is 16.3. The van der Waals surface area contributed by atoms with Crippen LogP contribution in [0.25, 0.3) is 5.69 Å². The van der Waals surface area contributed by atoms with Gasteiger partial charge in [0.25, 0.3) is 0 Å². The van der Waals surface area contributed by atoms with Crippen LogP contribution in [0.2, 0.25) is 0 Å². The predicted molar refractivity (Wildman–Crippen MR) is 112 cm³/mol. The number of carbonyl (C=O) groups excluding carboxylic acids is 2. The first-order chi connectivity index (χ1) is 14.4. The van der Waals surface area contributed by atoms with E-state index in [-0.39, 0.29) is 24.2 Å². The second-order valence-electron chi connectivity index (χ2n) is 7.85. The zero-order valence-corrected chi connectivity index (χ0v) is 17.5. The second-order valence-corrected chi connectivity index (χ2v) is 7.85. The number of furan rings is 1. The minimum absolute atomic E-state index is 0.0117. The zero-order valence-electron chi connectivity index (χ0n) is 17.5. The standard InChI is InChI=1S/C23H26N4O3/c1-16-21(17(2)27(24-16)19-8-5-4-6-9-19)15-25(3)23(29)18-12-22(28)26(13-18)14-20-10-7-11-30-20/h4-11,18H,12-15H2,1-3H3/t18-/m0/s1. The summed E-state index contributed by atoms with van der Waals surface area (Å²) in [5, 5.41) is 4.66. The molecule has 1 aliphatic heterocycles. The van der Waals surface area contributed by atoms with Gasteiger partial charge in [-0.3, -0.25) is 9.59 Å². The summed E-state index contributed by atoms with van der Waals surface area (Å²) in [5.74, 6) is 0.366. The molecule has 0 radical (unpaired) electrons. The second kappa shape index (κ2) is 8.18. The highest BCUT2D eigenvalue weighted by molar-refractivity contribution is 5.89. The van der Waals surface area contributed by atoms with Gasteiger partial charge < -0.3 is 14.2 Å². The van der Waals surface area contributed by atoms with E-state index in [1.165, 1.54) is 0 Å². The summed E-state index contributed by atoms with van der Waals surface area (Å²) in [6.45, 7) is 5.27. The molecule has 2 amide bonds. The Hall–Kier alpha value is -3.35. The van der Waals surface area contributed by atoms with Crippen LogP contribution >= 0.6 is 0 Å². The molecular formula is C23H26N4O3. The van der Waals surface area contributed by atoms with E-state index in [0.29, 0.717) is 19.6 Å². The first-order valence-electron chi connectivity index (χ1n) is 10.1. The third-order valence-corrected chi connectivity index (χ3v) is 5.70. The Bertz CT molecular complexity index is 1040. The molecule has 7 nitrogen and oxygen atoms in total. The highest BCUT2D eigenvalue weighted by atomic mass is 16.3. The van der Waals surface area contributed by atoms with Gasteiger partial charge in [-0.2, -0.15) is 5.10 Å². The quantitative estimate of drug-likeness (QED) is 0.631. The molecule has 0 spiro atoms. The van der Waals surface area contributed by atoms with Gasteiger partial charge in [0.05, 0.1) is 30.1 Å². The first kappa shape index (κ1) is 19.9. The number of nitrogens with zero attached hydrogens (tertiary/aromatic N) is 4. The number of aromatic nitrogens is 2. The maximum absolute atomic E-state index is 13.0. The van der Waals surface area contributed by atoms with Gasteiger partial charge in [-0.1, -0.05) is 18.2 Å². The molecular weight excluding hydrogens is 380 g/mol. The number of rotatable bonds is 6. The Morgan fingerprint density at radius 2 is 1.97 bits per heavy atom. The molecule has 1 saturated heterocycles. The van der Waals surface area contributed by atoms with E-state index in [0.717, 1.165) is 28.4 Å². The molecule has 2 aromatic heterocycles. The monoisotopic (exact) mass is 406 g/mol. The van der Waals surface area contributed by atoms with Crippen molar-refractivity contribution in [1.29, 1.82) is 0 Å². The molecule has 0 aliphatic carbocycles. The molecule has 0 N–H and O–H groups in total. The molecule has 30 heavy (non-hydrogen) atoms. The number of hydrogen-bond donors (Lipinski definition) is 0. The van der Waals surface area contributed by atoms with Crippen LogP contribution in [0.1, 0.15) is 29.1 Å². The fourth-order valence-electron chi connectivity index (χ4n) is 4.03. The van der Waals surface area contributed by atoms with E-state index in [4.69, 9.17) is 4.42 Å². The highest BCUT2D eigenvalue weighted by Gasteiger charge is 2.36. The van der Waals surface area contributed by atoms with Gasteiger partial charge in [-0.05, 0) is 38.1 Å². The lowest BCUT2D eigenvalue weighted by atomic mass is 10.1. The average Bonchev–Trinajstić information content (AvgIpc) is 3.45. The Labute approximate surface area is 175 Å². The molecule has 0 unspecified atom stereocenters. The molecule has 1 aromatic carbocycles. The van der Waals surface area contributed by atoms with E-state index < -0.39 is 0 Å². The molecule has 0 saturated carbocycles. The maximum Gasteiger partial charge on any atom is 0.228 e. The van der Waals surface area contributed by atoms with Crippen molar-refractivity contribution in [2.75, 3.05) is 13.6 Å². The summed E-state index contributed by atoms with van der Waals surface area (Å²) in [6.07, 6.45) is 1.83. The lowest BCUT2D eigenvalue weighted by Crippen LogP contribution is -2.34. The van der Waals surface area contributed by atoms with Crippen molar-refractivity contribution >= 4 is 11.8 Å². The summed E-state index contributed by atoms with van der Waals surface area (Å²) in [6, 6.07) is 13.6. The van der Waals surface area contributed by atoms with Gasteiger partial charge in [0.2, 0.25) is 11.8 Å². The molecule has 0 bridgehead atoms. The van der Waals surface area contributed by atoms with E-state index in [1.807, 2.05) is 54.9 Å². The van der Waals surface area contributed by atoms with E-state index >= 15 is 0 Å². The molecule has 156 valence electrons. The molecule has 4 rings (SSSR count). The third-order valence-electron chi connectivity index (χ3n) is 5.70. The first-order valence-corrected chi connectivity index (χ1v) is 10.1. The van der Waals surface area contributed by atoms with Gasteiger partial charge in [0.1, 0.15) is 5.76 Å².